The van der Waals surface area contributed by atoms with Crippen molar-refractivity contribution in [2.24, 2.45) is 21.7 Å². The highest BCUT2D eigenvalue weighted by Gasteiger charge is 2.18. The number of thiazole rings is 1. The van der Waals surface area contributed by atoms with Crippen molar-refractivity contribution < 1.29 is 10.1 Å². The Morgan fingerprint density at radius 2 is 1.85 bits per heavy atom. The molecule has 0 saturated heterocycles. The molecule has 0 fully saturated rings. The molecule has 0 aliphatic carbocycles. The quantitative estimate of drug-likeness (QED) is 0.449. The lowest BCUT2D eigenvalue weighted by Gasteiger charge is -1.92. The van der Waals surface area contributed by atoms with Crippen LogP contribution in [-0.2, 0) is 0 Å². The molecule has 2 rings (SSSR count). The number of phenols is 1. The average Bonchev–Trinajstić information content (AvgIpc) is 2.79. The number of aromatic nitrogens is 1. The maximum atomic E-state index is 9.31. The molecule has 0 saturated carbocycles. The van der Waals surface area contributed by atoms with Gasteiger partial charge in [0.15, 0.2) is 5.69 Å². The maximum absolute atomic E-state index is 9.31. The summed E-state index contributed by atoms with van der Waals surface area (Å²) in [7, 11) is 0. The van der Waals surface area contributed by atoms with Gasteiger partial charge in [-0.15, -0.1) is 5.10 Å². The molecule has 6 N–H and O–H groups in total. The minimum absolute atomic E-state index is 0.0682. The normalized spacial score (nSPS) is 11.4. The van der Waals surface area contributed by atoms with Crippen molar-refractivity contribution >= 4 is 23.0 Å². The van der Waals surface area contributed by atoms with Crippen molar-refractivity contribution in [2.75, 3.05) is 0 Å². The fraction of sp³-hybridized carbons (Fsp3) is 0.154. The van der Waals surface area contributed by atoms with Crippen LogP contribution in [0.25, 0.3) is 10.6 Å². The average molecular weight is 290 g/mol. The number of benzene rings is 1. The van der Waals surface area contributed by atoms with E-state index in [0.717, 1.165) is 26.9 Å². The van der Waals surface area contributed by atoms with E-state index < -0.39 is 0 Å². The van der Waals surface area contributed by atoms with Gasteiger partial charge in [0.2, 0.25) is 5.96 Å². The Balaban J connectivity index is 2.37. The molecule has 6 nitrogen and oxygen atoms in total. The van der Waals surface area contributed by atoms with Crippen LogP contribution >= 0.6 is 11.3 Å². The second-order valence-corrected chi connectivity index (χ2v) is 5.29. The zero-order valence-electron chi connectivity index (χ0n) is 11.2. The first-order chi connectivity index (χ1) is 9.47. The molecule has 0 bridgehead atoms. The minimum Gasteiger partial charge on any atom is -0.508 e. The van der Waals surface area contributed by atoms with Gasteiger partial charge < -0.3 is 16.6 Å². The van der Waals surface area contributed by atoms with E-state index in [9.17, 15) is 5.11 Å². The molecule has 0 unspecified atom stereocenters. The second kappa shape index (κ2) is 5.70. The molecule has 0 atom stereocenters. The Labute approximate surface area is 120 Å². The predicted octanol–water partition coefficient (Wildman–Crippen LogP) is 1.24. The van der Waals surface area contributed by atoms with Gasteiger partial charge in [-0.3, -0.25) is 0 Å². The monoisotopic (exact) mass is 290 g/mol. The van der Waals surface area contributed by atoms with Crippen LogP contribution in [0.15, 0.2) is 34.5 Å². The fourth-order valence-electron chi connectivity index (χ4n) is 1.70. The molecule has 104 valence electrons. The van der Waals surface area contributed by atoms with Crippen molar-refractivity contribution in [3.05, 3.63) is 34.8 Å². The Kier molecular flexibility index (Phi) is 3.99. The molecule has 0 radical (unpaired) electrons. The lowest BCUT2D eigenvalue weighted by Crippen LogP contribution is -2.22. The SMILES string of the molecule is C/C(=N\N=C(N)N)c1sc(-c2ccc(O)cc2)[nH+]c1C. The molecule has 2 aromatic rings. The molecule has 1 aromatic carbocycles. The molecule has 1 heterocycles. The summed E-state index contributed by atoms with van der Waals surface area (Å²) in [4.78, 5) is 4.28. The van der Waals surface area contributed by atoms with E-state index in [2.05, 4.69) is 15.2 Å². The molecule has 0 aliphatic heterocycles. The Bertz CT molecular complexity index is 669. The van der Waals surface area contributed by atoms with Crippen LogP contribution in [0.3, 0.4) is 0 Å². The Hall–Kier alpha value is -2.41. The maximum Gasteiger partial charge on any atom is 0.268 e. The van der Waals surface area contributed by atoms with Crippen LogP contribution in [0, 0.1) is 6.92 Å². The number of aryl methyl sites for hydroxylation is 1. The molecule has 7 heteroatoms. The molecule has 0 amide bonds. The van der Waals surface area contributed by atoms with Crippen LogP contribution in [0.4, 0.5) is 0 Å². The van der Waals surface area contributed by atoms with E-state index in [1.165, 1.54) is 0 Å². The Morgan fingerprint density at radius 3 is 2.45 bits per heavy atom. The number of guanidine groups is 1. The van der Waals surface area contributed by atoms with E-state index in [-0.39, 0.29) is 11.7 Å². The van der Waals surface area contributed by atoms with E-state index >= 15 is 0 Å². The predicted molar refractivity (Wildman–Crippen MR) is 80.7 cm³/mol. The van der Waals surface area contributed by atoms with Crippen LogP contribution < -0.4 is 16.5 Å². The number of nitrogens with zero attached hydrogens (tertiary/aromatic N) is 2. The van der Waals surface area contributed by atoms with Gasteiger partial charge in [-0.1, -0.05) is 11.3 Å². The van der Waals surface area contributed by atoms with Crippen molar-refractivity contribution in [1.29, 1.82) is 0 Å². The van der Waals surface area contributed by atoms with E-state index in [0.29, 0.717) is 0 Å². The third-order valence-corrected chi connectivity index (χ3v) is 3.97. The standard InChI is InChI=1S/C13H15N5OS/c1-7-11(8(2)17-18-13(14)15)20-12(16-7)9-3-5-10(19)6-4-9/h3-6,19H,1-2H3,(H4,14,15,18)/p+1/b17-8+. The zero-order chi connectivity index (χ0) is 14.7. The Morgan fingerprint density at radius 1 is 1.20 bits per heavy atom. The molecule has 20 heavy (non-hydrogen) atoms. The van der Waals surface area contributed by atoms with Crippen molar-refractivity contribution in [3.63, 3.8) is 0 Å². The van der Waals surface area contributed by atoms with Gasteiger partial charge in [0.25, 0.3) is 5.01 Å². The van der Waals surface area contributed by atoms with Gasteiger partial charge in [-0.25, -0.2) is 0 Å². The third-order valence-electron chi connectivity index (χ3n) is 2.62. The van der Waals surface area contributed by atoms with Crippen molar-refractivity contribution in [1.82, 2.24) is 0 Å². The van der Waals surface area contributed by atoms with Crippen LogP contribution in [0.1, 0.15) is 17.5 Å². The highest BCUT2D eigenvalue weighted by molar-refractivity contribution is 7.16. The number of hydrogen-bond acceptors (Lipinski definition) is 4. The first-order valence-electron chi connectivity index (χ1n) is 5.93. The van der Waals surface area contributed by atoms with Gasteiger partial charge in [-0.05, 0) is 31.2 Å². The molecular weight excluding hydrogens is 274 g/mol. The first kappa shape index (κ1) is 14.0. The molecule has 0 aliphatic rings. The smallest absolute Gasteiger partial charge is 0.268 e. The highest BCUT2D eigenvalue weighted by atomic mass is 32.1. The summed E-state index contributed by atoms with van der Waals surface area (Å²) in [6.45, 7) is 3.81. The fourth-order valence-corrected chi connectivity index (χ4v) is 2.75. The third kappa shape index (κ3) is 3.12. The van der Waals surface area contributed by atoms with Crippen molar-refractivity contribution in [2.45, 2.75) is 13.8 Å². The lowest BCUT2D eigenvalue weighted by atomic mass is 10.2. The number of phenolic OH excluding ortho intramolecular Hbond substituents is 1. The van der Waals surface area contributed by atoms with Gasteiger partial charge in [0.05, 0.1) is 11.3 Å². The second-order valence-electron chi connectivity index (χ2n) is 4.27. The van der Waals surface area contributed by atoms with E-state index in [1.807, 2.05) is 26.0 Å². The number of nitrogens with two attached hydrogens (primary N) is 2. The number of H-pyrrole nitrogens is 1. The minimum atomic E-state index is -0.0682. The van der Waals surface area contributed by atoms with Crippen molar-refractivity contribution in [3.8, 4) is 16.3 Å². The van der Waals surface area contributed by atoms with E-state index in [4.69, 9.17) is 11.5 Å². The number of aromatic amines is 1. The van der Waals surface area contributed by atoms with Gasteiger partial charge >= 0.3 is 0 Å². The number of aromatic hydroxyl groups is 1. The summed E-state index contributed by atoms with van der Waals surface area (Å²) in [6, 6.07) is 7.00. The molecule has 1 aromatic heterocycles. The molecular formula is C13H16N5OS+. The summed E-state index contributed by atoms with van der Waals surface area (Å²) in [5.74, 6) is 0.175. The van der Waals surface area contributed by atoms with Gasteiger partial charge in [0.1, 0.15) is 10.6 Å². The zero-order valence-corrected chi connectivity index (χ0v) is 12.0. The summed E-state index contributed by atoms with van der Waals surface area (Å²) in [6.07, 6.45) is 0. The summed E-state index contributed by atoms with van der Waals surface area (Å²) < 4.78 is 0. The topological polar surface area (TPSA) is 111 Å². The number of nitrogens with one attached hydrogen (secondary N) is 1. The lowest BCUT2D eigenvalue weighted by molar-refractivity contribution is -0.367. The highest BCUT2D eigenvalue weighted by Crippen LogP contribution is 2.26. The molecule has 0 spiro atoms. The summed E-state index contributed by atoms with van der Waals surface area (Å²) >= 11 is 1.56. The number of hydrogen-bond donors (Lipinski definition) is 3. The van der Waals surface area contributed by atoms with Crippen LogP contribution in [0.5, 0.6) is 5.75 Å². The van der Waals surface area contributed by atoms with E-state index in [1.54, 1.807) is 23.5 Å². The summed E-state index contributed by atoms with van der Waals surface area (Å²) in [5, 5.41) is 17.9. The first-order valence-corrected chi connectivity index (χ1v) is 6.74. The van der Waals surface area contributed by atoms with Gasteiger partial charge in [0, 0.05) is 6.92 Å². The van der Waals surface area contributed by atoms with Crippen LogP contribution in [-0.4, -0.2) is 16.8 Å². The largest absolute Gasteiger partial charge is 0.508 e. The number of rotatable bonds is 3. The van der Waals surface area contributed by atoms with Gasteiger partial charge in [-0.2, -0.15) is 10.1 Å². The van der Waals surface area contributed by atoms with Crippen LogP contribution in [0.2, 0.25) is 0 Å². The summed E-state index contributed by atoms with van der Waals surface area (Å²) in [5.41, 5.74) is 13.2.